The Balaban J connectivity index is -0.000000391. The summed E-state index contributed by atoms with van der Waals surface area (Å²) in [5.41, 5.74) is 4.08. The minimum atomic E-state index is -0.200. The number of nitrogens with one attached hydrogen (secondary N) is 3. The highest BCUT2D eigenvalue weighted by Gasteiger charge is 2.16. The molecule has 46 heavy (non-hydrogen) atoms. The number of nitrogens with zero attached hydrogens (tertiary/aromatic N) is 4. The van der Waals surface area contributed by atoms with Gasteiger partial charge in [-0.25, -0.2) is 14.5 Å². The van der Waals surface area contributed by atoms with E-state index in [-0.39, 0.29) is 11.0 Å². The van der Waals surface area contributed by atoms with Crippen molar-refractivity contribution in [1.29, 1.82) is 0 Å². The molecule has 4 aromatic rings. The maximum Gasteiger partial charge on any atom is 0.270 e. The van der Waals surface area contributed by atoms with Crippen LogP contribution in [0.15, 0.2) is 41.6 Å². The van der Waals surface area contributed by atoms with Crippen molar-refractivity contribution in [3.63, 3.8) is 0 Å². The van der Waals surface area contributed by atoms with Crippen molar-refractivity contribution in [3.8, 4) is 11.4 Å². The molecule has 0 saturated heterocycles. The summed E-state index contributed by atoms with van der Waals surface area (Å²) in [4.78, 5) is 29.4. The minimum Gasteiger partial charge on any atom is -0.348 e. The molecule has 3 N–H and O–H groups in total. The fraction of sp³-hybridized carbons (Fsp3) is 0.622. The third-order valence-corrected chi connectivity index (χ3v) is 5.93. The summed E-state index contributed by atoms with van der Waals surface area (Å²) < 4.78 is 1.81. The van der Waals surface area contributed by atoms with Gasteiger partial charge in [-0.3, -0.25) is 9.89 Å². The molecule has 1 aromatic carbocycles. The van der Waals surface area contributed by atoms with Crippen LogP contribution in [0.3, 0.4) is 0 Å². The van der Waals surface area contributed by atoms with Gasteiger partial charge in [0, 0.05) is 23.9 Å². The van der Waals surface area contributed by atoms with Crippen LogP contribution in [0.1, 0.15) is 141 Å². The van der Waals surface area contributed by atoms with Crippen molar-refractivity contribution >= 4 is 17.9 Å². The molecule has 0 fully saturated rings. The van der Waals surface area contributed by atoms with Crippen LogP contribution in [0, 0.1) is 4.77 Å². The molecule has 0 aliphatic carbocycles. The Hall–Kier alpha value is -3.04. The van der Waals surface area contributed by atoms with Crippen LogP contribution in [0.2, 0.25) is 0 Å². The fourth-order valence-corrected chi connectivity index (χ4v) is 3.48. The Bertz CT molecular complexity index is 1310. The van der Waals surface area contributed by atoms with E-state index in [0.717, 1.165) is 24.3 Å². The molecule has 0 amide bonds. The summed E-state index contributed by atoms with van der Waals surface area (Å²) in [6.45, 7) is 37.4. The third-order valence-electron chi connectivity index (χ3n) is 5.66. The van der Waals surface area contributed by atoms with Crippen LogP contribution >= 0.6 is 12.2 Å². The van der Waals surface area contributed by atoms with Gasteiger partial charge in [-0.05, 0) is 43.3 Å². The first-order chi connectivity index (χ1) is 22.0. The van der Waals surface area contributed by atoms with Gasteiger partial charge in [-0.1, -0.05) is 148 Å². The molecular weight excluding hydrogens is 591 g/mol. The number of hydrogen-bond acceptors (Lipinski definition) is 5. The van der Waals surface area contributed by atoms with Crippen molar-refractivity contribution in [2.24, 2.45) is 0 Å². The second-order valence-corrected chi connectivity index (χ2v) is 10.1. The van der Waals surface area contributed by atoms with Crippen LogP contribution in [0.4, 0.5) is 0 Å². The van der Waals surface area contributed by atoms with Crippen LogP contribution in [0.5, 0.6) is 0 Å². The molecule has 4 rings (SSSR count). The molecule has 8 nitrogen and oxygen atoms in total. The lowest BCUT2D eigenvalue weighted by atomic mass is 9.87. The van der Waals surface area contributed by atoms with Gasteiger partial charge in [0.25, 0.3) is 5.56 Å². The molecule has 0 saturated carbocycles. The number of aromatic amines is 3. The van der Waals surface area contributed by atoms with Crippen LogP contribution < -0.4 is 5.56 Å². The molecule has 9 heteroatoms. The minimum absolute atomic E-state index is 0.0774. The second kappa shape index (κ2) is 30.6. The van der Waals surface area contributed by atoms with Gasteiger partial charge in [-0.2, -0.15) is 0 Å². The number of benzene rings is 1. The van der Waals surface area contributed by atoms with Gasteiger partial charge in [0.05, 0.1) is 11.9 Å². The zero-order chi connectivity index (χ0) is 36.9. The largest absolute Gasteiger partial charge is 0.348 e. The van der Waals surface area contributed by atoms with E-state index in [1.165, 1.54) is 16.5 Å². The number of imidazole rings is 1. The SMILES string of the molecule is CC.CC.CC.CC.CC.CC(C)(C)c1ccc(-c2nc(=S)n3[nH]c(=O)c(Cc4cnc[nH]4)c3[nH]2)cc1.CCC.CCN(C)CC. The lowest BCUT2D eigenvalue weighted by Crippen LogP contribution is -2.15. The standard InChI is InChI=1S/C19H20N6OS.C5H13N.C3H8.5C2H6/c1-19(2,3)12-6-4-11(5-7-12)15-22-16-14(8-13-9-20-10-21-13)17(26)24-25(16)18(27)23-15;1-4-6(3)5-2;1-3-2;5*1-2/h4-7,9-10H,8H2,1-3H3,(H,20,21)(H,24,26)(H,22,23,27);4-5H2,1-3H3;3H2,1-2H3;5*1-2H3. The van der Waals surface area contributed by atoms with E-state index in [2.05, 4.69) is 97.6 Å². The Labute approximate surface area is 287 Å². The number of hydrogen-bond donors (Lipinski definition) is 3. The van der Waals surface area contributed by atoms with Gasteiger partial charge in [0.1, 0.15) is 11.5 Å². The molecule has 0 atom stereocenters. The lowest BCUT2D eigenvalue weighted by molar-refractivity contribution is 0.373. The summed E-state index contributed by atoms with van der Waals surface area (Å²) in [7, 11) is 2.11. The average molecular weight is 662 g/mol. The first-order valence-electron chi connectivity index (χ1n) is 17.6. The quantitative estimate of drug-likeness (QED) is 0.185. The highest BCUT2D eigenvalue weighted by atomic mass is 32.1. The Morgan fingerprint density at radius 1 is 0.848 bits per heavy atom. The number of fused-ring (bicyclic) bond motifs is 1. The van der Waals surface area contributed by atoms with E-state index < -0.39 is 0 Å². The van der Waals surface area contributed by atoms with Crippen molar-refractivity contribution in [1.82, 2.24) is 34.4 Å². The maximum absolute atomic E-state index is 12.4. The van der Waals surface area contributed by atoms with E-state index >= 15 is 0 Å². The van der Waals surface area contributed by atoms with E-state index in [9.17, 15) is 4.79 Å². The van der Waals surface area contributed by atoms with Gasteiger partial charge >= 0.3 is 0 Å². The predicted molar refractivity (Wildman–Crippen MR) is 208 cm³/mol. The summed E-state index contributed by atoms with van der Waals surface area (Å²) in [6.07, 6.45) is 4.96. The zero-order valence-corrected chi connectivity index (χ0v) is 33.7. The molecular formula is C37H71N7OS. The smallest absolute Gasteiger partial charge is 0.270 e. The molecule has 0 unspecified atom stereocenters. The maximum atomic E-state index is 12.4. The number of aromatic nitrogens is 6. The Kier molecular flexibility index (Phi) is 33.2. The highest BCUT2D eigenvalue weighted by molar-refractivity contribution is 7.71. The van der Waals surface area contributed by atoms with Crippen molar-refractivity contribution in [3.05, 3.63) is 68.7 Å². The highest BCUT2D eigenvalue weighted by Crippen LogP contribution is 2.25. The Morgan fingerprint density at radius 2 is 1.33 bits per heavy atom. The first kappa shape index (κ1) is 49.8. The topological polar surface area (TPSA) is 97.9 Å². The molecule has 0 bridgehead atoms. The molecule has 3 heterocycles. The molecule has 266 valence electrons. The number of rotatable bonds is 5. The van der Waals surface area contributed by atoms with Crippen LogP contribution in [-0.2, 0) is 11.8 Å². The van der Waals surface area contributed by atoms with Gasteiger partial charge < -0.3 is 14.9 Å². The molecule has 0 spiro atoms. The van der Waals surface area contributed by atoms with Crippen LogP contribution in [-0.4, -0.2) is 54.6 Å². The van der Waals surface area contributed by atoms with Crippen molar-refractivity contribution in [2.45, 2.75) is 136 Å². The third kappa shape index (κ3) is 18.2. The van der Waals surface area contributed by atoms with Crippen molar-refractivity contribution in [2.75, 3.05) is 20.1 Å². The second-order valence-electron chi connectivity index (χ2n) is 9.75. The normalized spacial score (nSPS) is 9.37. The summed E-state index contributed by atoms with van der Waals surface area (Å²) in [6, 6.07) is 8.22. The first-order valence-corrected chi connectivity index (χ1v) is 18.0. The monoisotopic (exact) mass is 662 g/mol. The number of H-pyrrole nitrogens is 3. The Morgan fingerprint density at radius 3 is 1.70 bits per heavy atom. The van der Waals surface area contributed by atoms with E-state index in [1.807, 2.05) is 81.4 Å². The summed E-state index contributed by atoms with van der Waals surface area (Å²) >= 11 is 5.39. The molecule has 0 aliphatic rings. The summed E-state index contributed by atoms with van der Waals surface area (Å²) in [5, 5.41) is 2.74. The average Bonchev–Trinajstić information content (AvgIpc) is 3.73. The van der Waals surface area contributed by atoms with E-state index in [1.54, 1.807) is 12.5 Å². The van der Waals surface area contributed by atoms with Gasteiger partial charge in [-0.15, -0.1) is 0 Å². The van der Waals surface area contributed by atoms with Gasteiger partial charge in [0.2, 0.25) is 4.77 Å². The lowest BCUT2D eigenvalue weighted by Gasteiger charge is -2.19. The molecule has 3 aromatic heterocycles. The molecule has 0 radical (unpaired) electrons. The van der Waals surface area contributed by atoms with Crippen molar-refractivity contribution < 1.29 is 0 Å². The van der Waals surface area contributed by atoms with E-state index in [4.69, 9.17) is 12.2 Å². The van der Waals surface area contributed by atoms with Gasteiger partial charge in [0.15, 0.2) is 0 Å². The summed E-state index contributed by atoms with van der Waals surface area (Å²) in [5.74, 6) is 0.630. The van der Waals surface area contributed by atoms with Crippen LogP contribution in [0.25, 0.3) is 17.0 Å². The zero-order valence-electron chi connectivity index (χ0n) is 32.9. The predicted octanol–water partition coefficient (Wildman–Crippen LogP) is 10.9. The molecule has 0 aliphatic heterocycles. The van der Waals surface area contributed by atoms with E-state index in [0.29, 0.717) is 28.2 Å². The fourth-order valence-electron chi connectivity index (χ4n) is 3.25.